The van der Waals surface area contributed by atoms with Crippen molar-refractivity contribution in [3.05, 3.63) is 50.9 Å². The lowest BCUT2D eigenvalue weighted by atomic mass is 10.2. The fourth-order valence-corrected chi connectivity index (χ4v) is 3.09. The summed E-state index contributed by atoms with van der Waals surface area (Å²) in [7, 11) is 1.53. The number of ether oxygens (including phenoxy) is 1. The summed E-state index contributed by atoms with van der Waals surface area (Å²) in [5.74, 6) is -2.28. The molecule has 2 aromatic rings. The van der Waals surface area contributed by atoms with Gasteiger partial charge in [0.2, 0.25) is 0 Å². The zero-order valence-electron chi connectivity index (χ0n) is 13.1. The highest BCUT2D eigenvalue weighted by atomic mass is 35.5. The number of methoxy groups -OCH3 is 1. The van der Waals surface area contributed by atoms with Crippen LogP contribution in [-0.2, 0) is 14.3 Å². The molecule has 24 heavy (non-hydrogen) atoms. The first-order valence-corrected chi connectivity index (χ1v) is 8.23. The minimum absolute atomic E-state index is 0.138. The lowest BCUT2D eigenvalue weighted by Gasteiger charge is -2.14. The number of aryl methyl sites for hydroxylation is 1. The molecule has 0 bridgehead atoms. The predicted octanol–water partition coefficient (Wildman–Crippen LogP) is 3.29. The molecular weight excluding hydrogens is 355 g/mol. The molecule has 0 fully saturated rings. The maximum atomic E-state index is 13.1. The fourth-order valence-electron chi connectivity index (χ4n) is 1.95. The SMILES string of the molecule is COC(CNC(=O)C(=O)Nc1ccc(F)c(Cl)c1)c1ccc(C)s1. The molecule has 1 unspecified atom stereocenters. The topological polar surface area (TPSA) is 67.4 Å². The molecule has 0 radical (unpaired) electrons. The standard InChI is InChI=1S/C16H16ClFN2O3S/c1-9-3-6-14(24-9)13(23-2)8-19-15(21)16(22)20-10-4-5-12(18)11(17)7-10/h3-7,13H,8H2,1-2H3,(H,19,21)(H,20,22). The van der Waals surface area contributed by atoms with E-state index in [2.05, 4.69) is 10.6 Å². The monoisotopic (exact) mass is 370 g/mol. The minimum Gasteiger partial charge on any atom is -0.374 e. The van der Waals surface area contributed by atoms with Crippen molar-refractivity contribution < 1.29 is 18.7 Å². The average Bonchev–Trinajstić information content (AvgIpc) is 2.97. The lowest BCUT2D eigenvalue weighted by Crippen LogP contribution is -2.37. The number of halogens is 2. The summed E-state index contributed by atoms with van der Waals surface area (Å²) in [6, 6.07) is 7.53. The second-order valence-corrected chi connectivity index (χ2v) is 6.69. The number of rotatable bonds is 5. The third-order valence-electron chi connectivity index (χ3n) is 3.19. The fraction of sp³-hybridized carbons (Fsp3) is 0.250. The van der Waals surface area contributed by atoms with Gasteiger partial charge in [-0.25, -0.2) is 4.39 Å². The van der Waals surface area contributed by atoms with Crippen molar-refractivity contribution in [2.75, 3.05) is 19.0 Å². The number of hydrogen-bond donors (Lipinski definition) is 2. The van der Waals surface area contributed by atoms with E-state index in [-0.39, 0.29) is 23.4 Å². The van der Waals surface area contributed by atoms with Gasteiger partial charge in [0.25, 0.3) is 0 Å². The molecular formula is C16H16ClFN2O3S. The zero-order chi connectivity index (χ0) is 17.7. The molecule has 0 aliphatic heterocycles. The molecule has 5 nitrogen and oxygen atoms in total. The Morgan fingerprint density at radius 1 is 1.29 bits per heavy atom. The van der Waals surface area contributed by atoms with Crippen LogP contribution >= 0.6 is 22.9 Å². The molecule has 0 saturated heterocycles. The molecule has 1 heterocycles. The molecule has 2 N–H and O–H groups in total. The Kier molecular flexibility index (Phi) is 6.30. The number of carbonyl (C=O) groups excluding carboxylic acids is 2. The number of benzene rings is 1. The predicted molar refractivity (Wildman–Crippen MR) is 91.9 cm³/mol. The molecule has 8 heteroatoms. The summed E-state index contributed by atoms with van der Waals surface area (Å²) < 4.78 is 18.4. The van der Waals surface area contributed by atoms with Crippen molar-refractivity contribution in [1.29, 1.82) is 0 Å². The molecule has 0 spiro atoms. The van der Waals surface area contributed by atoms with E-state index in [4.69, 9.17) is 16.3 Å². The third-order valence-corrected chi connectivity index (χ3v) is 4.58. The van der Waals surface area contributed by atoms with Gasteiger partial charge in [0.05, 0.1) is 5.02 Å². The van der Waals surface area contributed by atoms with E-state index in [0.717, 1.165) is 15.8 Å². The highest BCUT2D eigenvalue weighted by Crippen LogP contribution is 2.24. The number of amides is 2. The summed E-state index contributed by atoms with van der Waals surface area (Å²) in [6.07, 6.45) is -0.333. The lowest BCUT2D eigenvalue weighted by molar-refractivity contribution is -0.136. The van der Waals surface area contributed by atoms with E-state index in [1.807, 2.05) is 19.1 Å². The quantitative estimate of drug-likeness (QED) is 0.793. The largest absolute Gasteiger partial charge is 0.374 e. The van der Waals surface area contributed by atoms with Crippen molar-refractivity contribution in [3.63, 3.8) is 0 Å². The highest BCUT2D eigenvalue weighted by molar-refractivity contribution is 7.12. The van der Waals surface area contributed by atoms with Crippen LogP contribution in [0.5, 0.6) is 0 Å². The second-order valence-electron chi connectivity index (χ2n) is 4.97. The van der Waals surface area contributed by atoms with E-state index in [1.165, 1.54) is 19.2 Å². The van der Waals surface area contributed by atoms with E-state index in [1.54, 1.807) is 11.3 Å². The van der Waals surface area contributed by atoms with Gasteiger partial charge in [0.15, 0.2) is 0 Å². The summed E-state index contributed by atoms with van der Waals surface area (Å²) in [4.78, 5) is 25.8. The maximum Gasteiger partial charge on any atom is 0.313 e. The summed E-state index contributed by atoms with van der Waals surface area (Å²) in [5.41, 5.74) is 0.235. The Morgan fingerprint density at radius 3 is 2.62 bits per heavy atom. The van der Waals surface area contributed by atoms with Crippen LogP contribution in [0.2, 0.25) is 5.02 Å². The first-order chi connectivity index (χ1) is 11.4. The van der Waals surface area contributed by atoms with Crippen LogP contribution < -0.4 is 10.6 Å². The molecule has 2 rings (SSSR count). The van der Waals surface area contributed by atoms with Crippen LogP contribution in [0.15, 0.2) is 30.3 Å². The van der Waals surface area contributed by atoms with E-state index < -0.39 is 17.6 Å². The van der Waals surface area contributed by atoms with E-state index in [9.17, 15) is 14.0 Å². The first-order valence-electron chi connectivity index (χ1n) is 7.04. The Labute approximate surface area is 147 Å². The molecule has 1 atom stereocenters. The van der Waals surface area contributed by atoms with Crippen molar-refractivity contribution in [3.8, 4) is 0 Å². The Bertz CT molecular complexity index is 751. The Balaban J connectivity index is 1.91. The summed E-state index contributed by atoms with van der Waals surface area (Å²) in [6.45, 7) is 2.13. The van der Waals surface area contributed by atoms with Gasteiger partial charge in [-0.2, -0.15) is 0 Å². The van der Waals surface area contributed by atoms with Crippen molar-refractivity contribution in [2.24, 2.45) is 0 Å². The maximum absolute atomic E-state index is 13.1. The van der Waals surface area contributed by atoms with Crippen LogP contribution in [-0.4, -0.2) is 25.5 Å². The van der Waals surface area contributed by atoms with Crippen LogP contribution in [0.4, 0.5) is 10.1 Å². The number of nitrogens with one attached hydrogen (secondary N) is 2. The average molecular weight is 371 g/mol. The molecule has 2 amide bonds. The van der Waals surface area contributed by atoms with Gasteiger partial charge in [0, 0.05) is 29.1 Å². The molecule has 0 aliphatic carbocycles. The van der Waals surface area contributed by atoms with Gasteiger partial charge in [-0.05, 0) is 37.3 Å². The van der Waals surface area contributed by atoms with Crippen molar-refractivity contribution in [1.82, 2.24) is 5.32 Å². The number of hydrogen-bond acceptors (Lipinski definition) is 4. The van der Waals surface area contributed by atoms with E-state index >= 15 is 0 Å². The molecule has 0 saturated carbocycles. The first kappa shape index (κ1) is 18.4. The number of anilines is 1. The van der Waals surface area contributed by atoms with Crippen LogP contribution in [0.3, 0.4) is 0 Å². The number of carbonyl (C=O) groups is 2. The molecule has 0 aliphatic rings. The Hall–Kier alpha value is -1.96. The third kappa shape index (κ3) is 4.77. The molecule has 1 aromatic carbocycles. The van der Waals surface area contributed by atoms with Gasteiger partial charge >= 0.3 is 11.8 Å². The van der Waals surface area contributed by atoms with Crippen molar-refractivity contribution >= 4 is 40.4 Å². The zero-order valence-corrected chi connectivity index (χ0v) is 14.6. The smallest absolute Gasteiger partial charge is 0.313 e. The summed E-state index contributed by atoms with van der Waals surface area (Å²) >= 11 is 7.18. The van der Waals surface area contributed by atoms with Gasteiger partial charge in [-0.3, -0.25) is 9.59 Å². The van der Waals surface area contributed by atoms with Crippen LogP contribution in [0.25, 0.3) is 0 Å². The Morgan fingerprint density at radius 2 is 2.04 bits per heavy atom. The van der Waals surface area contributed by atoms with Crippen molar-refractivity contribution in [2.45, 2.75) is 13.0 Å². The van der Waals surface area contributed by atoms with Gasteiger partial charge in [-0.15, -0.1) is 11.3 Å². The van der Waals surface area contributed by atoms with Crippen LogP contribution in [0.1, 0.15) is 15.9 Å². The number of thiophene rings is 1. The van der Waals surface area contributed by atoms with Gasteiger partial charge in [-0.1, -0.05) is 11.6 Å². The van der Waals surface area contributed by atoms with Gasteiger partial charge < -0.3 is 15.4 Å². The molecule has 1 aromatic heterocycles. The van der Waals surface area contributed by atoms with Gasteiger partial charge in [0.1, 0.15) is 11.9 Å². The second kappa shape index (κ2) is 8.23. The highest BCUT2D eigenvalue weighted by Gasteiger charge is 2.18. The molecule has 128 valence electrons. The van der Waals surface area contributed by atoms with Crippen LogP contribution in [0, 0.1) is 12.7 Å². The minimum atomic E-state index is -0.866. The van der Waals surface area contributed by atoms with E-state index in [0.29, 0.717) is 0 Å². The normalized spacial score (nSPS) is 11.8. The summed E-state index contributed by atoms with van der Waals surface area (Å²) in [5, 5.41) is 4.73.